The molecule has 0 saturated carbocycles. The molecule has 1 spiro atoms. The minimum absolute atomic E-state index is 0.104. The first-order chi connectivity index (χ1) is 13.1. The van der Waals surface area contributed by atoms with E-state index in [0.717, 1.165) is 17.0 Å². The third-order valence-corrected chi connectivity index (χ3v) is 4.58. The van der Waals surface area contributed by atoms with E-state index in [1.54, 1.807) is 19.0 Å². The molecule has 0 radical (unpaired) electrons. The molecule has 0 aromatic heterocycles. The van der Waals surface area contributed by atoms with Crippen molar-refractivity contribution < 1.29 is 32.2 Å². The Morgan fingerprint density at radius 3 is 2.54 bits per heavy atom. The number of benzene rings is 1. The van der Waals surface area contributed by atoms with Crippen LogP contribution in [0.15, 0.2) is 24.3 Å². The van der Waals surface area contributed by atoms with Crippen LogP contribution in [0.4, 0.5) is 18.9 Å². The molecule has 28 heavy (non-hydrogen) atoms. The summed E-state index contributed by atoms with van der Waals surface area (Å²) in [6.45, 7) is -0.111. The lowest BCUT2D eigenvalue weighted by molar-refractivity contribution is -0.293. The summed E-state index contributed by atoms with van der Waals surface area (Å²) in [5.74, 6) is -2.35. The first kappa shape index (κ1) is 20.6. The lowest BCUT2D eigenvalue weighted by Gasteiger charge is -2.45. The van der Waals surface area contributed by atoms with Crippen LogP contribution in [0, 0.1) is 5.82 Å². The molecule has 3 rings (SSSR count). The van der Waals surface area contributed by atoms with E-state index in [-0.39, 0.29) is 51.0 Å². The topological polar surface area (TPSA) is 62.3 Å². The van der Waals surface area contributed by atoms with Crippen molar-refractivity contribution in [3.63, 3.8) is 0 Å². The number of halogens is 3. The summed E-state index contributed by atoms with van der Waals surface area (Å²) in [7, 11) is 3.45. The molecule has 7 nitrogen and oxygen atoms in total. The molecule has 2 fully saturated rings. The van der Waals surface area contributed by atoms with Crippen LogP contribution in [-0.4, -0.2) is 86.8 Å². The highest BCUT2D eigenvalue weighted by atomic mass is 19.3. The van der Waals surface area contributed by atoms with Crippen LogP contribution in [0.2, 0.25) is 0 Å². The van der Waals surface area contributed by atoms with E-state index >= 15 is 0 Å². The van der Waals surface area contributed by atoms with Gasteiger partial charge >= 0.3 is 12.0 Å². The van der Waals surface area contributed by atoms with E-state index in [9.17, 15) is 22.8 Å². The molecule has 0 aliphatic carbocycles. The summed E-state index contributed by atoms with van der Waals surface area (Å²) in [6.07, 6.45) is -4.10. The number of likely N-dealkylation sites (N-methyl/N-ethyl adjacent to an activating group) is 1. The Bertz CT molecular complexity index is 744. The van der Waals surface area contributed by atoms with Crippen LogP contribution >= 0.6 is 0 Å². The van der Waals surface area contributed by atoms with Crippen LogP contribution in [0.25, 0.3) is 0 Å². The number of rotatable bonds is 3. The SMILES string of the molecule is CN(C)CC(=O)N1CCOCC2(C1)CN(c1ccc(F)cc1)C(=O)C(F)(F)O2. The summed E-state index contributed by atoms with van der Waals surface area (Å²) < 4.78 is 52.5. The molecular weight excluding hydrogens is 379 g/mol. The van der Waals surface area contributed by atoms with Gasteiger partial charge in [-0.25, -0.2) is 4.39 Å². The Morgan fingerprint density at radius 1 is 1.21 bits per heavy atom. The van der Waals surface area contributed by atoms with Crippen LogP contribution in [0.3, 0.4) is 0 Å². The highest BCUT2D eigenvalue weighted by molar-refractivity contribution is 5.98. The van der Waals surface area contributed by atoms with Crippen LogP contribution in [-0.2, 0) is 19.1 Å². The van der Waals surface area contributed by atoms with Gasteiger partial charge in [0.1, 0.15) is 11.4 Å². The smallest absolute Gasteiger partial charge is 0.376 e. The Balaban J connectivity index is 1.90. The van der Waals surface area contributed by atoms with Crippen molar-refractivity contribution in [3.8, 4) is 0 Å². The Hall–Kier alpha value is -2.17. The largest absolute Gasteiger partial charge is 0.437 e. The van der Waals surface area contributed by atoms with Crippen molar-refractivity contribution in [2.75, 3.05) is 58.4 Å². The van der Waals surface area contributed by atoms with Crippen molar-refractivity contribution in [1.82, 2.24) is 9.80 Å². The van der Waals surface area contributed by atoms with Gasteiger partial charge in [-0.3, -0.25) is 14.3 Å². The van der Waals surface area contributed by atoms with E-state index in [2.05, 4.69) is 0 Å². The first-order valence-corrected chi connectivity index (χ1v) is 8.78. The maximum Gasteiger partial charge on any atom is 0.437 e. The van der Waals surface area contributed by atoms with E-state index in [1.165, 1.54) is 17.0 Å². The molecule has 154 valence electrons. The number of hydrogen-bond donors (Lipinski definition) is 0. The highest BCUT2D eigenvalue weighted by Crippen LogP contribution is 2.36. The van der Waals surface area contributed by atoms with E-state index < -0.39 is 23.4 Å². The van der Waals surface area contributed by atoms with Gasteiger partial charge in [-0.05, 0) is 38.4 Å². The maximum atomic E-state index is 14.5. The molecule has 1 atom stereocenters. The summed E-state index contributed by atoms with van der Waals surface area (Å²) in [5.41, 5.74) is -1.49. The summed E-state index contributed by atoms with van der Waals surface area (Å²) in [6, 6.07) is 4.66. The number of hydrogen-bond acceptors (Lipinski definition) is 5. The number of nitrogens with zero attached hydrogens (tertiary/aromatic N) is 3. The average molecular weight is 401 g/mol. The van der Waals surface area contributed by atoms with Gasteiger partial charge in [0.05, 0.1) is 32.8 Å². The van der Waals surface area contributed by atoms with E-state index in [1.807, 2.05) is 0 Å². The highest BCUT2D eigenvalue weighted by Gasteiger charge is 2.58. The minimum atomic E-state index is -4.10. The van der Waals surface area contributed by atoms with Crippen molar-refractivity contribution in [2.45, 2.75) is 11.7 Å². The molecule has 2 saturated heterocycles. The van der Waals surface area contributed by atoms with Crippen molar-refractivity contribution in [1.29, 1.82) is 0 Å². The molecule has 2 aliphatic heterocycles. The number of carbonyl (C=O) groups excluding carboxylic acids is 2. The molecule has 1 aromatic carbocycles. The second kappa shape index (κ2) is 7.69. The number of alkyl halides is 2. The van der Waals surface area contributed by atoms with Gasteiger partial charge in [0, 0.05) is 12.2 Å². The zero-order chi connectivity index (χ0) is 20.5. The molecular formula is C18H22F3N3O4. The van der Waals surface area contributed by atoms with Gasteiger partial charge in [-0.1, -0.05) is 0 Å². The van der Waals surface area contributed by atoms with E-state index in [0.29, 0.717) is 0 Å². The fourth-order valence-electron chi connectivity index (χ4n) is 3.34. The number of carbonyl (C=O) groups is 2. The summed E-state index contributed by atoms with van der Waals surface area (Å²) in [4.78, 5) is 28.6. The van der Waals surface area contributed by atoms with Gasteiger partial charge in [-0.15, -0.1) is 0 Å². The third-order valence-electron chi connectivity index (χ3n) is 4.58. The zero-order valence-corrected chi connectivity index (χ0v) is 15.7. The first-order valence-electron chi connectivity index (χ1n) is 8.78. The lowest BCUT2D eigenvalue weighted by atomic mass is 10.00. The average Bonchev–Trinajstić information content (AvgIpc) is 2.81. The van der Waals surface area contributed by atoms with Gasteiger partial charge in [0.2, 0.25) is 5.91 Å². The summed E-state index contributed by atoms with van der Waals surface area (Å²) >= 11 is 0. The van der Waals surface area contributed by atoms with Crippen LogP contribution in [0.5, 0.6) is 0 Å². The lowest BCUT2D eigenvalue weighted by Crippen LogP contribution is -2.67. The predicted octanol–water partition coefficient (Wildman–Crippen LogP) is 0.941. The molecule has 2 aliphatic rings. The third kappa shape index (κ3) is 4.29. The summed E-state index contributed by atoms with van der Waals surface area (Å²) in [5, 5.41) is 0. The number of amides is 2. The Morgan fingerprint density at radius 2 is 1.89 bits per heavy atom. The molecule has 2 heterocycles. The van der Waals surface area contributed by atoms with Gasteiger partial charge in [-0.2, -0.15) is 8.78 Å². The van der Waals surface area contributed by atoms with Crippen LogP contribution in [0.1, 0.15) is 0 Å². The fourth-order valence-corrected chi connectivity index (χ4v) is 3.34. The van der Waals surface area contributed by atoms with Crippen LogP contribution < -0.4 is 4.90 Å². The van der Waals surface area contributed by atoms with Gasteiger partial charge in [0.25, 0.3) is 0 Å². The quantitative estimate of drug-likeness (QED) is 0.755. The second-order valence-electron chi connectivity index (χ2n) is 7.28. The molecule has 1 unspecified atom stereocenters. The number of morpholine rings is 1. The molecule has 0 N–H and O–H groups in total. The second-order valence-corrected chi connectivity index (χ2v) is 7.28. The maximum absolute atomic E-state index is 14.5. The van der Waals surface area contributed by atoms with Gasteiger partial charge in [0.15, 0.2) is 0 Å². The molecule has 0 bridgehead atoms. The molecule has 2 amide bonds. The standard InChI is InChI=1S/C18H22F3N3O4/c1-22(2)9-15(25)23-7-8-27-12-17(10-23)11-24(16(26)18(20,21)28-17)14-5-3-13(19)4-6-14/h3-6H,7-12H2,1-2H3. The minimum Gasteiger partial charge on any atom is -0.376 e. The van der Waals surface area contributed by atoms with Crippen molar-refractivity contribution in [2.24, 2.45) is 0 Å². The van der Waals surface area contributed by atoms with E-state index in [4.69, 9.17) is 9.47 Å². The Kier molecular flexibility index (Phi) is 5.64. The number of anilines is 1. The zero-order valence-electron chi connectivity index (χ0n) is 15.7. The Labute approximate surface area is 160 Å². The van der Waals surface area contributed by atoms with Crippen molar-refractivity contribution in [3.05, 3.63) is 30.1 Å². The van der Waals surface area contributed by atoms with Crippen molar-refractivity contribution >= 4 is 17.5 Å². The normalized spacial score (nSPS) is 25.3. The number of ether oxygens (including phenoxy) is 2. The van der Waals surface area contributed by atoms with Gasteiger partial charge < -0.3 is 19.4 Å². The fraction of sp³-hybridized carbons (Fsp3) is 0.556. The monoisotopic (exact) mass is 401 g/mol. The molecule has 1 aromatic rings. The molecule has 10 heteroatoms. The predicted molar refractivity (Wildman–Crippen MR) is 93.5 cm³/mol.